The van der Waals surface area contributed by atoms with Gasteiger partial charge in [0, 0.05) is 47.6 Å². The Bertz CT molecular complexity index is 1370. The number of halogens is 4. The summed E-state index contributed by atoms with van der Waals surface area (Å²) in [5.41, 5.74) is 4.88. The van der Waals surface area contributed by atoms with E-state index in [0.717, 1.165) is 38.0 Å². The van der Waals surface area contributed by atoms with Crippen LogP contribution in [0.1, 0.15) is 5.56 Å². The first-order valence-corrected chi connectivity index (χ1v) is 11.3. The number of carbonyl (C=O) groups excluding carboxylic acids is 1. The number of benzene rings is 2. The molecule has 4 rings (SSSR count). The van der Waals surface area contributed by atoms with Gasteiger partial charge in [-0.2, -0.15) is 13.2 Å². The number of alkyl halides is 3. The minimum absolute atomic E-state index is 0.0402. The molecule has 0 aliphatic rings. The number of fused-ring (bicyclic) bond motifs is 1. The van der Waals surface area contributed by atoms with E-state index in [0.29, 0.717) is 6.42 Å². The molecule has 0 aliphatic carbocycles. The maximum absolute atomic E-state index is 12.6. The molecule has 2 heterocycles. The Hall–Kier alpha value is -3.86. The van der Waals surface area contributed by atoms with Crippen molar-refractivity contribution in [3.63, 3.8) is 0 Å². The number of nitrogens with zero attached hydrogens (tertiary/aromatic N) is 3. The van der Waals surface area contributed by atoms with Gasteiger partial charge in [-0.15, -0.1) is 0 Å². The highest BCUT2D eigenvalue weighted by molar-refractivity contribution is 9.10. The molecule has 0 atom stereocenters. The van der Waals surface area contributed by atoms with Crippen LogP contribution in [0, 0.1) is 0 Å². The number of pyridine rings is 1. The average Bonchev–Trinajstić information content (AvgIpc) is 3.14. The summed E-state index contributed by atoms with van der Waals surface area (Å²) >= 11 is 3.62. The van der Waals surface area contributed by atoms with Crippen molar-refractivity contribution in [2.45, 2.75) is 12.6 Å². The summed E-state index contributed by atoms with van der Waals surface area (Å²) in [6.07, 6.45) is 0.829. The fraction of sp³-hybridized carbons (Fsp3) is 0.160. The molecule has 0 radical (unpaired) electrons. The molecule has 0 unspecified atom stereocenters. The topological polar surface area (TPSA) is 87.5 Å². The third kappa shape index (κ3) is 6.63. The molecule has 36 heavy (non-hydrogen) atoms. The van der Waals surface area contributed by atoms with Crippen LogP contribution in [0.15, 0.2) is 77.7 Å². The number of carboxylic acids is 1. The summed E-state index contributed by atoms with van der Waals surface area (Å²) in [7, 11) is 3.98. The van der Waals surface area contributed by atoms with E-state index in [1.165, 1.54) is 0 Å². The van der Waals surface area contributed by atoms with Crippen LogP contribution in [0.25, 0.3) is 10.9 Å². The summed E-state index contributed by atoms with van der Waals surface area (Å²) in [6.45, 7) is 0. The quantitative estimate of drug-likeness (QED) is 0.315. The standard InChI is InChI=1S/C23H21BrN4O.C2HF3O2/c1-27-15-16(19-7-3-4-8-21(19)27)12-23(29)26-17-9-10-22(20(24)13-17)28(2)18-6-5-11-25-14-18;3-2(4,5)1(6)7/h3-11,13-15H,12H2,1-2H3,(H,26,29);(H,6,7). The van der Waals surface area contributed by atoms with Gasteiger partial charge in [-0.05, 0) is 57.9 Å². The van der Waals surface area contributed by atoms with Crippen molar-refractivity contribution in [3.05, 3.63) is 83.2 Å². The first kappa shape index (κ1) is 26.7. The van der Waals surface area contributed by atoms with Gasteiger partial charge in [-0.1, -0.05) is 18.2 Å². The zero-order chi connectivity index (χ0) is 26.5. The molecule has 2 aromatic heterocycles. The van der Waals surface area contributed by atoms with Gasteiger partial charge >= 0.3 is 12.1 Å². The lowest BCUT2D eigenvalue weighted by molar-refractivity contribution is -0.192. The molecule has 0 spiro atoms. The minimum Gasteiger partial charge on any atom is -0.475 e. The fourth-order valence-corrected chi connectivity index (χ4v) is 4.14. The molecule has 0 saturated carbocycles. The van der Waals surface area contributed by atoms with Gasteiger partial charge in [-0.25, -0.2) is 4.79 Å². The number of aryl methyl sites for hydroxylation is 1. The van der Waals surface area contributed by atoms with E-state index in [4.69, 9.17) is 9.90 Å². The normalized spacial score (nSPS) is 10.9. The van der Waals surface area contributed by atoms with Crippen molar-refractivity contribution in [3.8, 4) is 0 Å². The fourth-order valence-electron chi connectivity index (χ4n) is 3.49. The van der Waals surface area contributed by atoms with Gasteiger partial charge in [0.1, 0.15) is 0 Å². The summed E-state index contributed by atoms with van der Waals surface area (Å²) in [5.74, 6) is -2.80. The van der Waals surface area contributed by atoms with E-state index in [1.54, 1.807) is 6.20 Å². The van der Waals surface area contributed by atoms with E-state index >= 15 is 0 Å². The minimum atomic E-state index is -5.08. The largest absolute Gasteiger partial charge is 0.490 e. The van der Waals surface area contributed by atoms with Gasteiger partial charge in [0.05, 0.1) is 24.0 Å². The Morgan fingerprint density at radius 1 is 1.14 bits per heavy atom. The van der Waals surface area contributed by atoms with Crippen molar-refractivity contribution in [2.75, 3.05) is 17.3 Å². The Labute approximate surface area is 213 Å². The van der Waals surface area contributed by atoms with Crippen LogP contribution < -0.4 is 10.2 Å². The van der Waals surface area contributed by atoms with E-state index < -0.39 is 12.1 Å². The summed E-state index contributed by atoms with van der Waals surface area (Å²) in [4.78, 5) is 27.7. The zero-order valence-electron chi connectivity index (χ0n) is 19.3. The number of carbonyl (C=O) groups is 2. The molecule has 0 saturated heterocycles. The maximum atomic E-state index is 12.6. The highest BCUT2D eigenvalue weighted by Gasteiger charge is 2.38. The van der Waals surface area contributed by atoms with Crippen molar-refractivity contribution >= 4 is 55.8 Å². The molecule has 7 nitrogen and oxygen atoms in total. The summed E-state index contributed by atoms with van der Waals surface area (Å²) in [6, 6.07) is 17.8. The molecular formula is C25H22BrF3N4O3. The monoisotopic (exact) mass is 562 g/mol. The van der Waals surface area contributed by atoms with Gasteiger partial charge < -0.3 is 19.9 Å². The second-order valence-corrected chi connectivity index (χ2v) is 8.60. The molecular weight excluding hydrogens is 541 g/mol. The summed E-state index contributed by atoms with van der Waals surface area (Å²) < 4.78 is 34.7. The number of aliphatic carboxylic acids is 1. The number of nitrogens with one attached hydrogen (secondary N) is 1. The Morgan fingerprint density at radius 3 is 2.44 bits per heavy atom. The lowest BCUT2D eigenvalue weighted by atomic mass is 10.1. The number of carboxylic acid groups (broad SMARTS) is 1. The number of amides is 1. The maximum Gasteiger partial charge on any atom is 0.490 e. The van der Waals surface area contributed by atoms with Gasteiger partial charge in [0.2, 0.25) is 5.91 Å². The molecule has 11 heteroatoms. The predicted molar refractivity (Wildman–Crippen MR) is 135 cm³/mol. The Kier molecular flexibility index (Phi) is 8.36. The number of hydrogen-bond acceptors (Lipinski definition) is 4. The van der Waals surface area contributed by atoms with E-state index in [1.807, 2.05) is 73.9 Å². The van der Waals surface area contributed by atoms with Crippen molar-refractivity contribution in [1.82, 2.24) is 9.55 Å². The Morgan fingerprint density at radius 2 is 1.83 bits per heavy atom. The second kappa shape index (κ2) is 11.3. The van der Waals surface area contributed by atoms with Crippen molar-refractivity contribution in [2.24, 2.45) is 7.05 Å². The molecule has 2 aromatic carbocycles. The lowest BCUT2D eigenvalue weighted by Crippen LogP contribution is -2.21. The van der Waals surface area contributed by atoms with Crippen LogP contribution in [0.2, 0.25) is 0 Å². The third-order valence-electron chi connectivity index (χ3n) is 5.20. The molecule has 2 N–H and O–H groups in total. The lowest BCUT2D eigenvalue weighted by Gasteiger charge is -2.21. The number of aromatic nitrogens is 2. The molecule has 1 amide bonds. The highest BCUT2D eigenvalue weighted by atomic mass is 79.9. The van der Waals surface area contributed by atoms with Crippen LogP contribution in [0.3, 0.4) is 0 Å². The first-order valence-electron chi connectivity index (χ1n) is 10.5. The number of hydrogen-bond donors (Lipinski definition) is 2. The highest BCUT2D eigenvalue weighted by Crippen LogP contribution is 2.32. The molecule has 0 fully saturated rings. The Balaban J connectivity index is 0.000000454. The molecule has 188 valence electrons. The molecule has 4 aromatic rings. The summed E-state index contributed by atoms with van der Waals surface area (Å²) in [5, 5.41) is 11.2. The zero-order valence-corrected chi connectivity index (χ0v) is 20.8. The van der Waals surface area contributed by atoms with E-state index in [2.05, 4.69) is 42.9 Å². The number of para-hydroxylation sites is 1. The average molecular weight is 563 g/mol. The number of anilines is 3. The predicted octanol–water partition coefficient (Wildman–Crippen LogP) is 5.92. The third-order valence-corrected chi connectivity index (χ3v) is 5.83. The van der Waals surface area contributed by atoms with Gasteiger partial charge in [0.15, 0.2) is 0 Å². The van der Waals surface area contributed by atoms with Crippen molar-refractivity contribution < 1.29 is 27.9 Å². The van der Waals surface area contributed by atoms with Crippen LogP contribution in [-0.2, 0) is 23.1 Å². The smallest absolute Gasteiger partial charge is 0.475 e. The van der Waals surface area contributed by atoms with E-state index in [9.17, 15) is 18.0 Å². The first-order chi connectivity index (χ1) is 17.0. The molecule has 0 bridgehead atoms. The SMILES string of the molecule is CN(c1cccnc1)c1ccc(NC(=O)Cc2cn(C)c3ccccc23)cc1Br.O=C(O)C(F)(F)F. The van der Waals surface area contributed by atoms with Gasteiger partial charge in [0.25, 0.3) is 0 Å². The second-order valence-electron chi connectivity index (χ2n) is 7.75. The van der Waals surface area contributed by atoms with E-state index in [-0.39, 0.29) is 5.91 Å². The molecule has 0 aliphatic heterocycles. The van der Waals surface area contributed by atoms with Crippen molar-refractivity contribution in [1.29, 1.82) is 0 Å². The van der Waals surface area contributed by atoms with Crippen LogP contribution in [0.4, 0.5) is 30.2 Å². The van der Waals surface area contributed by atoms with Gasteiger partial charge in [-0.3, -0.25) is 9.78 Å². The number of rotatable bonds is 5. The van der Waals surface area contributed by atoms with Crippen LogP contribution in [0.5, 0.6) is 0 Å². The van der Waals surface area contributed by atoms with Crippen LogP contribution in [-0.4, -0.2) is 39.8 Å². The van der Waals surface area contributed by atoms with Crippen LogP contribution >= 0.6 is 15.9 Å².